The quantitative estimate of drug-likeness (QED) is 0.451. The summed E-state index contributed by atoms with van der Waals surface area (Å²) in [6, 6.07) is 7.74. The number of benzene rings is 2. The Balaban J connectivity index is 1.48. The minimum atomic E-state index is -1.60. The van der Waals surface area contributed by atoms with Crippen molar-refractivity contribution in [3.8, 4) is 11.3 Å². The molecule has 2 fully saturated rings. The second-order valence-electron chi connectivity index (χ2n) is 9.17. The van der Waals surface area contributed by atoms with Crippen LogP contribution in [0.1, 0.15) is 18.9 Å². The molecule has 12 heteroatoms. The summed E-state index contributed by atoms with van der Waals surface area (Å²) >= 11 is 6.16. The third-order valence-corrected chi connectivity index (χ3v) is 7.15. The van der Waals surface area contributed by atoms with E-state index in [0.717, 1.165) is 17.8 Å². The lowest BCUT2D eigenvalue weighted by atomic mass is 9.78. The van der Waals surface area contributed by atoms with Gasteiger partial charge in [-0.25, -0.2) is 17.9 Å². The molecule has 5 atom stereocenters. The summed E-state index contributed by atoms with van der Waals surface area (Å²) in [5.74, 6) is -4.36. The van der Waals surface area contributed by atoms with Crippen molar-refractivity contribution in [2.45, 2.75) is 42.8 Å². The smallest absolute Gasteiger partial charge is 0.194 e. The van der Waals surface area contributed by atoms with E-state index in [1.807, 2.05) is 17.0 Å². The SMILES string of the molecule is OC[C@H]1O[C@@]2(CCCN(c3cccc(Cl)c3)C2)[C@@H](O)[C@@H](n2cc(-c3cc(F)c(F)c(F)c3)nn2)[C@H]1O. The van der Waals surface area contributed by atoms with Gasteiger partial charge in [0.1, 0.15) is 35.6 Å². The molecule has 2 saturated heterocycles. The lowest BCUT2D eigenvalue weighted by Crippen LogP contribution is -2.67. The monoisotopic (exact) mass is 524 g/mol. The van der Waals surface area contributed by atoms with Gasteiger partial charge in [-0.3, -0.25) is 0 Å². The van der Waals surface area contributed by atoms with Crippen molar-refractivity contribution in [1.82, 2.24) is 15.0 Å². The fraction of sp³-hybridized carbons (Fsp3) is 0.417. The van der Waals surface area contributed by atoms with Crippen molar-refractivity contribution < 1.29 is 33.2 Å². The Morgan fingerprint density at radius 3 is 2.58 bits per heavy atom. The topological polar surface area (TPSA) is 104 Å². The van der Waals surface area contributed by atoms with Crippen molar-refractivity contribution in [3.05, 3.63) is 65.1 Å². The van der Waals surface area contributed by atoms with Crippen LogP contribution in [-0.4, -0.2) is 73.9 Å². The van der Waals surface area contributed by atoms with Crippen molar-refractivity contribution in [3.63, 3.8) is 0 Å². The molecule has 36 heavy (non-hydrogen) atoms. The van der Waals surface area contributed by atoms with E-state index in [9.17, 15) is 28.5 Å². The van der Waals surface area contributed by atoms with E-state index >= 15 is 0 Å². The molecule has 0 radical (unpaired) electrons. The lowest BCUT2D eigenvalue weighted by molar-refractivity contribution is -0.257. The first-order valence-corrected chi connectivity index (χ1v) is 11.8. The minimum absolute atomic E-state index is 0.0116. The van der Waals surface area contributed by atoms with E-state index < -0.39 is 54.0 Å². The number of aromatic nitrogens is 3. The second-order valence-corrected chi connectivity index (χ2v) is 9.61. The summed E-state index contributed by atoms with van der Waals surface area (Å²) in [6.45, 7) is 0.424. The first-order chi connectivity index (χ1) is 17.2. The van der Waals surface area contributed by atoms with Crippen LogP contribution in [0.4, 0.5) is 18.9 Å². The number of piperidine rings is 1. The zero-order chi connectivity index (χ0) is 25.6. The Kier molecular flexibility index (Phi) is 6.69. The molecule has 3 N–H and O–H groups in total. The summed E-state index contributed by atoms with van der Waals surface area (Å²) in [4.78, 5) is 2.01. The number of hydrogen-bond donors (Lipinski definition) is 3. The third kappa shape index (κ3) is 4.35. The Morgan fingerprint density at radius 2 is 1.89 bits per heavy atom. The Labute approximate surface area is 209 Å². The van der Waals surface area contributed by atoms with Gasteiger partial charge >= 0.3 is 0 Å². The van der Waals surface area contributed by atoms with Crippen molar-refractivity contribution >= 4 is 17.3 Å². The first kappa shape index (κ1) is 25.0. The van der Waals surface area contributed by atoms with Crippen molar-refractivity contribution in [2.24, 2.45) is 0 Å². The molecule has 0 amide bonds. The third-order valence-electron chi connectivity index (χ3n) is 6.91. The van der Waals surface area contributed by atoms with Gasteiger partial charge in [-0.2, -0.15) is 0 Å². The molecule has 2 aliphatic rings. The number of ether oxygens (including phenoxy) is 1. The molecule has 192 valence electrons. The average Bonchev–Trinajstić information content (AvgIpc) is 3.35. The maximum absolute atomic E-state index is 13.7. The summed E-state index contributed by atoms with van der Waals surface area (Å²) in [5.41, 5.74) is -0.383. The van der Waals surface area contributed by atoms with Gasteiger partial charge in [0.15, 0.2) is 17.5 Å². The molecule has 0 bridgehead atoms. The molecule has 5 rings (SSSR count). The number of anilines is 1. The van der Waals surface area contributed by atoms with Gasteiger partial charge in [-0.05, 0) is 43.2 Å². The Morgan fingerprint density at radius 1 is 1.14 bits per heavy atom. The van der Waals surface area contributed by atoms with Crippen LogP contribution < -0.4 is 4.90 Å². The predicted octanol–water partition coefficient (Wildman–Crippen LogP) is 2.71. The van der Waals surface area contributed by atoms with E-state index in [1.165, 1.54) is 10.9 Å². The highest BCUT2D eigenvalue weighted by molar-refractivity contribution is 6.30. The van der Waals surface area contributed by atoms with E-state index in [4.69, 9.17) is 16.3 Å². The van der Waals surface area contributed by atoms with E-state index in [1.54, 1.807) is 12.1 Å². The Hall–Kier alpha value is -2.70. The molecule has 0 saturated carbocycles. The molecule has 2 aliphatic heterocycles. The number of aliphatic hydroxyl groups is 3. The van der Waals surface area contributed by atoms with Crippen LogP contribution >= 0.6 is 11.6 Å². The largest absolute Gasteiger partial charge is 0.394 e. The minimum Gasteiger partial charge on any atom is -0.394 e. The maximum atomic E-state index is 13.7. The molecular weight excluding hydrogens is 501 g/mol. The summed E-state index contributed by atoms with van der Waals surface area (Å²) in [7, 11) is 0. The van der Waals surface area contributed by atoms with Gasteiger partial charge in [-0.1, -0.05) is 22.9 Å². The molecule has 3 aromatic rings. The zero-order valence-corrected chi connectivity index (χ0v) is 19.7. The fourth-order valence-corrected chi connectivity index (χ4v) is 5.33. The summed E-state index contributed by atoms with van der Waals surface area (Å²) in [5, 5.41) is 40.9. The van der Waals surface area contributed by atoms with Crippen LogP contribution in [0.5, 0.6) is 0 Å². The van der Waals surface area contributed by atoms with Gasteiger partial charge in [-0.15, -0.1) is 5.10 Å². The van der Waals surface area contributed by atoms with Gasteiger partial charge in [0, 0.05) is 29.4 Å². The van der Waals surface area contributed by atoms with E-state index in [-0.39, 0.29) is 17.8 Å². The summed E-state index contributed by atoms with van der Waals surface area (Å²) in [6.07, 6.45) is -1.29. The van der Waals surface area contributed by atoms with E-state index in [2.05, 4.69) is 10.3 Å². The summed E-state index contributed by atoms with van der Waals surface area (Å²) < 4.78 is 48.2. The number of hydrogen-bond acceptors (Lipinski definition) is 7. The number of rotatable bonds is 4. The van der Waals surface area contributed by atoms with E-state index in [0.29, 0.717) is 24.4 Å². The predicted molar refractivity (Wildman–Crippen MR) is 124 cm³/mol. The number of halogens is 4. The standard InChI is InChI=1S/C24H24ClF3N4O4/c25-14-3-1-4-15(9-14)31-6-2-5-24(12-31)23(35)21(22(34)19(11-33)36-24)32-10-18(29-30-32)13-7-16(26)20(28)17(27)8-13/h1,3-4,7-10,19,21-23,33-35H,2,5-6,11-12H2/t19-,21+,22+,23+,24-/m1/s1. The Bertz CT molecular complexity index is 1240. The lowest BCUT2D eigenvalue weighted by Gasteiger charge is -2.53. The van der Waals surface area contributed by atoms with Crippen LogP contribution in [0.2, 0.25) is 5.02 Å². The molecule has 8 nitrogen and oxygen atoms in total. The molecule has 0 unspecified atom stereocenters. The maximum Gasteiger partial charge on any atom is 0.194 e. The van der Waals surface area contributed by atoms with Crippen molar-refractivity contribution in [2.75, 3.05) is 24.6 Å². The van der Waals surface area contributed by atoms with Crippen LogP contribution in [0.25, 0.3) is 11.3 Å². The van der Waals surface area contributed by atoms with Crippen molar-refractivity contribution in [1.29, 1.82) is 0 Å². The van der Waals surface area contributed by atoms with Gasteiger partial charge in [0.2, 0.25) is 0 Å². The zero-order valence-electron chi connectivity index (χ0n) is 18.9. The highest BCUT2D eigenvalue weighted by Crippen LogP contribution is 2.42. The normalized spacial score (nSPS) is 28.6. The van der Waals surface area contributed by atoms with Crippen LogP contribution in [0.15, 0.2) is 42.6 Å². The first-order valence-electron chi connectivity index (χ1n) is 11.4. The van der Waals surface area contributed by atoms with Crippen LogP contribution in [0, 0.1) is 17.5 Å². The van der Waals surface area contributed by atoms with Gasteiger partial charge < -0.3 is 25.0 Å². The van der Waals surface area contributed by atoms with Crippen LogP contribution in [0.3, 0.4) is 0 Å². The molecular formula is C24H24ClF3N4O4. The number of aliphatic hydroxyl groups excluding tert-OH is 3. The average molecular weight is 525 g/mol. The fourth-order valence-electron chi connectivity index (χ4n) is 5.14. The second kappa shape index (κ2) is 9.64. The number of nitrogens with zero attached hydrogens (tertiary/aromatic N) is 4. The molecule has 1 spiro atoms. The van der Waals surface area contributed by atoms with Gasteiger partial charge in [0.25, 0.3) is 0 Å². The highest BCUT2D eigenvalue weighted by atomic mass is 35.5. The van der Waals surface area contributed by atoms with Crippen LogP contribution in [-0.2, 0) is 4.74 Å². The highest BCUT2D eigenvalue weighted by Gasteiger charge is 2.56. The molecule has 1 aromatic heterocycles. The molecule has 2 aromatic carbocycles. The molecule has 0 aliphatic carbocycles. The molecule has 3 heterocycles. The van der Waals surface area contributed by atoms with Gasteiger partial charge in [0.05, 0.1) is 12.8 Å².